The fourth-order valence-corrected chi connectivity index (χ4v) is 1.16. The Balaban J connectivity index is 2.96. The highest BCUT2D eigenvalue weighted by atomic mass is 35.5. The fraction of sp³-hybridized carbons (Fsp3) is 0.222. The third-order valence-corrected chi connectivity index (χ3v) is 1.91. The minimum absolute atomic E-state index is 0.504. The highest BCUT2D eigenvalue weighted by Crippen LogP contribution is 2.15. The molecule has 0 atom stereocenters. The lowest BCUT2D eigenvalue weighted by atomic mass is 10.1. The number of hydrogen-bond acceptors (Lipinski definition) is 2. The largest absolute Gasteiger partial charge is 0.316 e. The van der Waals surface area contributed by atoms with Gasteiger partial charge in [0.2, 0.25) is 0 Å². The number of rotatable bonds is 3. The van der Waals surface area contributed by atoms with Gasteiger partial charge in [-0.3, -0.25) is 4.79 Å². The smallest absolute Gasteiger partial charge is 0.151 e. The predicted molar refractivity (Wildman–Crippen MR) is 49.6 cm³/mol. The van der Waals surface area contributed by atoms with E-state index in [4.69, 9.17) is 11.6 Å². The zero-order chi connectivity index (χ0) is 8.97. The van der Waals surface area contributed by atoms with Crippen LogP contribution in [0.25, 0.3) is 0 Å². The molecule has 0 aliphatic carbocycles. The van der Waals surface area contributed by atoms with Crippen LogP contribution in [0.4, 0.5) is 0 Å². The molecule has 0 aromatic heterocycles. The second-order valence-electron chi connectivity index (χ2n) is 2.50. The predicted octanol–water partition coefficient (Wildman–Crippen LogP) is 1.87. The van der Waals surface area contributed by atoms with Crippen LogP contribution in [-0.4, -0.2) is 13.3 Å². The van der Waals surface area contributed by atoms with Gasteiger partial charge in [-0.15, -0.1) is 0 Å². The van der Waals surface area contributed by atoms with Crippen LogP contribution in [0, 0.1) is 0 Å². The first kappa shape index (κ1) is 9.23. The molecule has 0 aliphatic rings. The normalized spacial score (nSPS) is 9.83. The van der Waals surface area contributed by atoms with Crippen LogP contribution in [0.1, 0.15) is 15.9 Å². The number of nitrogens with one attached hydrogen (secondary N) is 1. The van der Waals surface area contributed by atoms with Crippen LogP contribution >= 0.6 is 11.6 Å². The summed E-state index contributed by atoms with van der Waals surface area (Å²) in [6.45, 7) is 0.748. The Bertz CT molecular complexity index is 286. The highest BCUT2D eigenvalue weighted by Gasteiger charge is 1.99. The average Bonchev–Trinajstić information content (AvgIpc) is 2.09. The van der Waals surface area contributed by atoms with E-state index in [0.29, 0.717) is 10.6 Å². The van der Waals surface area contributed by atoms with Crippen molar-refractivity contribution in [2.45, 2.75) is 6.54 Å². The van der Waals surface area contributed by atoms with Crippen molar-refractivity contribution in [2.24, 2.45) is 0 Å². The molecule has 0 fully saturated rings. The van der Waals surface area contributed by atoms with E-state index in [1.807, 2.05) is 13.1 Å². The first-order valence-electron chi connectivity index (χ1n) is 3.66. The van der Waals surface area contributed by atoms with E-state index >= 15 is 0 Å². The molecule has 0 unspecified atom stereocenters. The lowest BCUT2D eigenvalue weighted by molar-refractivity contribution is 0.112. The topological polar surface area (TPSA) is 29.1 Å². The molecule has 1 N–H and O–H groups in total. The summed E-state index contributed by atoms with van der Waals surface area (Å²) in [5.74, 6) is 0. The molecule has 0 radical (unpaired) electrons. The molecule has 64 valence electrons. The monoisotopic (exact) mass is 183 g/mol. The van der Waals surface area contributed by atoms with E-state index in [1.165, 1.54) is 0 Å². The molecule has 0 bridgehead atoms. The summed E-state index contributed by atoms with van der Waals surface area (Å²) in [5.41, 5.74) is 1.61. The van der Waals surface area contributed by atoms with Gasteiger partial charge in [-0.1, -0.05) is 17.7 Å². The van der Waals surface area contributed by atoms with E-state index in [0.717, 1.165) is 18.4 Å². The van der Waals surface area contributed by atoms with Crippen molar-refractivity contribution >= 4 is 17.9 Å². The number of benzene rings is 1. The molecule has 0 aliphatic heterocycles. The molecule has 1 rings (SSSR count). The Morgan fingerprint density at radius 3 is 2.92 bits per heavy atom. The van der Waals surface area contributed by atoms with Gasteiger partial charge in [-0.2, -0.15) is 0 Å². The summed E-state index contributed by atoms with van der Waals surface area (Å²) in [7, 11) is 1.86. The quantitative estimate of drug-likeness (QED) is 0.725. The van der Waals surface area contributed by atoms with E-state index < -0.39 is 0 Å². The third kappa shape index (κ3) is 2.06. The van der Waals surface area contributed by atoms with Crippen molar-refractivity contribution in [3.8, 4) is 0 Å². The number of aldehydes is 1. The van der Waals surface area contributed by atoms with E-state index in [9.17, 15) is 4.79 Å². The van der Waals surface area contributed by atoms with Crippen molar-refractivity contribution in [1.82, 2.24) is 5.32 Å². The molecule has 1 aromatic rings. The van der Waals surface area contributed by atoms with Crippen molar-refractivity contribution < 1.29 is 4.79 Å². The van der Waals surface area contributed by atoms with Crippen LogP contribution in [-0.2, 0) is 6.54 Å². The van der Waals surface area contributed by atoms with Crippen molar-refractivity contribution in [3.63, 3.8) is 0 Å². The van der Waals surface area contributed by atoms with Crippen molar-refractivity contribution in [1.29, 1.82) is 0 Å². The van der Waals surface area contributed by atoms with Crippen LogP contribution in [0.5, 0.6) is 0 Å². The standard InChI is InChI=1S/C9H10ClNO/c1-11-5-7-2-3-9(10)8(4-7)6-12/h2-4,6,11H,5H2,1H3. The summed E-state index contributed by atoms with van der Waals surface area (Å²) < 4.78 is 0. The van der Waals surface area contributed by atoms with Gasteiger partial charge in [0.05, 0.1) is 5.02 Å². The number of hydrogen-bond donors (Lipinski definition) is 1. The molecule has 1 aromatic carbocycles. The second-order valence-corrected chi connectivity index (χ2v) is 2.91. The van der Waals surface area contributed by atoms with Gasteiger partial charge in [-0.05, 0) is 24.7 Å². The first-order valence-corrected chi connectivity index (χ1v) is 4.04. The average molecular weight is 184 g/mol. The van der Waals surface area contributed by atoms with Crippen LogP contribution in [0.15, 0.2) is 18.2 Å². The number of halogens is 1. The SMILES string of the molecule is CNCc1ccc(Cl)c(C=O)c1. The molecule has 2 nitrogen and oxygen atoms in total. The Hall–Kier alpha value is -0.860. The van der Waals surface area contributed by atoms with Gasteiger partial charge >= 0.3 is 0 Å². The molecule has 0 saturated carbocycles. The highest BCUT2D eigenvalue weighted by molar-refractivity contribution is 6.32. The van der Waals surface area contributed by atoms with Gasteiger partial charge in [0, 0.05) is 12.1 Å². The molecule has 3 heteroatoms. The molecule has 0 spiro atoms. The molecular formula is C9H10ClNO. The molecule has 0 amide bonds. The van der Waals surface area contributed by atoms with E-state index in [-0.39, 0.29) is 0 Å². The minimum Gasteiger partial charge on any atom is -0.316 e. The van der Waals surface area contributed by atoms with Gasteiger partial charge in [-0.25, -0.2) is 0 Å². The van der Waals surface area contributed by atoms with Crippen molar-refractivity contribution in [3.05, 3.63) is 34.3 Å². The lowest BCUT2D eigenvalue weighted by Gasteiger charge is -2.01. The Morgan fingerprint density at radius 1 is 1.58 bits per heavy atom. The Kier molecular flexibility index (Phi) is 3.26. The molecule has 0 saturated heterocycles. The van der Waals surface area contributed by atoms with Crippen LogP contribution in [0.3, 0.4) is 0 Å². The maximum atomic E-state index is 10.5. The van der Waals surface area contributed by atoms with Crippen LogP contribution in [0.2, 0.25) is 5.02 Å². The van der Waals surface area contributed by atoms with Gasteiger partial charge in [0.1, 0.15) is 0 Å². The Labute approximate surface area is 76.5 Å². The third-order valence-electron chi connectivity index (χ3n) is 1.57. The lowest BCUT2D eigenvalue weighted by Crippen LogP contribution is -2.05. The summed E-state index contributed by atoms with van der Waals surface area (Å²) >= 11 is 5.74. The first-order chi connectivity index (χ1) is 5.77. The summed E-state index contributed by atoms with van der Waals surface area (Å²) in [5, 5.41) is 3.50. The summed E-state index contributed by atoms with van der Waals surface area (Å²) in [6, 6.07) is 5.41. The number of carbonyl (C=O) groups is 1. The minimum atomic E-state index is 0.504. The van der Waals surface area contributed by atoms with Gasteiger partial charge in [0.15, 0.2) is 6.29 Å². The molecule has 0 heterocycles. The van der Waals surface area contributed by atoms with Gasteiger partial charge in [0.25, 0.3) is 0 Å². The maximum Gasteiger partial charge on any atom is 0.151 e. The summed E-state index contributed by atoms with van der Waals surface area (Å²) in [4.78, 5) is 10.5. The number of carbonyl (C=O) groups excluding carboxylic acids is 1. The van der Waals surface area contributed by atoms with Gasteiger partial charge < -0.3 is 5.32 Å². The van der Waals surface area contributed by atoms with E-state index in [2.05, 4.69) is 5.32 Å². The zero-order valence-electron chi connectivity index (χ0n) is 6.80. The molecule has 12 heavy (non-hydrogen) atoms. The van der Waals surface area contributed by atoms with Crippen molar-refractivity contribution in [2.75, 3.05) is 7.05 Å². The van der Waals surface area contributed by atoms with Crippen LogP contribution < -0.4 is 5.32 Å². The molecular weight excluding hydrogens is 174 g/mol. The maximum absolute atomic E-state index is 10.5. The second kappa shape index (κ2) is 4.24. The Morgan fingerprint density at radius 2 is 2.33 bits per heavy atom. The zero-order valence-corrected chi connectivity index (χ0v) is 7.56. The van der Waals surface area contributed by atoms with E-state index in [1.54, 1.807) is 12.1 Å². The summed E-state index contributed by atoms with van der Waals surface area (Å²) in [6.07, 6.45) is 0.765. The fourth-order valence-electron chi connectivity index (χ4n) is 0.998.